The summed E-state index contributed by atoms with van der Waals surface area (Å²) in [6.45, 7) is 0. The molecule has 1 aromatic rings. The Morgan fingerprint density at radius 2 is 1.46 bits per heavy atom. The molecule has 0 saturated heterocycles. The summed E-state index contributed by atoms with van der Waals surface area (Å²) in [4.78, 5) is 3.72. The van der Waals surface area contributed by atoms with Gasteiger partial charge in [0.2, 0.25) is 0 Å². The number of nitrogens with zero attached hydrogens (tertiary/aromatic N) is 1. The molecule has 0 unspecified atom stereocenters. The predicted molar refractivity (Wildman–Crippen MR) is 60.3 cm³/mol. The van der Waals surface area contributed by atoms with Gasteiger partial charge in [-0.1, -0.05) is 34.8 Å². The first-order valence-electron chi connectivity index (χ1n) is 3.05. The summed E-state index contributed by atoms with van der Waals surface area (Å²) in [6.07, 6.45) is 0. The summed E-state index contributed by atoms with van der Waals surface area (Å²) in [5.74, 6) is 0. The highest BCUT2D eigenvalue weighted by Crippen LogP contribution is 2.36. The molecule has 13 heavy (non-hydrogen) atoms. The molecule has 1 aromatic carbocycles. The van der Waals surface area contributed by atoms with Crippen LogP contribution in [0, 0.1) is 0 Å². The predicted octanol–water partition coefficient (Wildman–Crippen LogP) is 5.11. The zero-order valence-electron chi connectivity index (χ0n) is 5.99. The normalized spacial score (nSPS) is 9.92. The maximum atomic E-state index is 5.79. The van der Waals surface area contributed by atoms with Crippen molar-refractivity contribution in [2.45, 2.75) is 0 Å². The highest BCUT2D eigenvalue weighted by atomic mass is 35.5. The molecule has 0 bridgehead atoms. The van der Waals surface area contributed by atoms with E-state index in [9.17, 15) is 0 Å². The fourth-order valence-corrected chi connectivity index (χ4v) is 1.80. The average Bonchev–Trinajstić information content (AvgIpc) is 1.96. The van der Waals surface area contributed by atoms with Gasteiger partial charge in [-0.05, 0) is 35.3 Å². The van der Waals surface area contributed by atoms with E-state index in [1.54, 1.807) is 0 Å². The molecule has 0 amide bonds. The van der Waals surface area contributed by atoms with E-state index in [4.69, 9.17) is 58.0 Å². The van der Waals surface area contributed by atoms with Gasteiger partial charge in [-0.3, -0.25) is 0 Å². The van der Waals surface area contributed by atoms with E-state index in [0.29, 0.717) is 20.8 Å². The summed E-state index contributed by atoms with van der Waals surface area (Å²) in [5.41, 5.74) is 0.313. The van der Waals surface area contributed by atoms with Crippen molar-refractivity contribution in [3.05, 3.63) is 27.2 Å². The molecule has 1 nitrogen and oxygen atoms in total. The van der Waals surface area contributed by atoms with Gasteiger partial charge in [0.25, 0.3) is 0 Å². The first-order valence-corrected chi connectivity index (χ1v) is 4.94. The Hall–Kier alpha value is 0.340. The Morgan fingerprint density at radius 1 is 1.00 bits per heavy atom. The van der Waals surface area contributed by atoms with Gasteiger partial charge in [0.1, 0.15) is 5.69 Å². The van der Waals surface area contributed by atoms with Crippen LogP contribution in [-0.4, -0.2) is 4.63 Å². The van der Waals surface area contributed by atoms with Crippen LogP contribution in [0.25, 0.3) is 0 Å². The molecule has 0 aromatic heterocycles. The zero-order chi connectivity index (χ0) is 10.0. The molecule has 0 heterocycles. The van der Waals surface area contributed by atoms with Crippen molar-refractivity contribution < 1.29 is 0 Å². The maximum absolute atomic E-state index is 5.79. The number of aliphatic imine (C=N–C) groups is 1. The lowest BCUT2D eigenvalue weighted by Gasteiger charge is -2.01. The van der Waals surface area contributed by atoms with Crippen LogP contribution < -0.4 is 0 Å². The highest BCUT2D eigenvalue weighted by molar-refractivity contribution is 6.95. The summed E-state index contributed by atoms with van der Waals surface area (Å²) >= 11 is 28.0. The maximum Gasteiger partial charge on any atom is 0.197 e. The van der Waals surface area contributed by atoms with E-state index in [1.807, 2.05) is 0 Å². The second-order valence-electron chi connectivity index (χ2n) is 2.07. The largest absolute Gasteiger partial charge is 0.222 e. The third-order valence-corrected chi connectivity index (χ3v) is 2.14. The van der Waals surface area contributed by atoms with Crippen molar-refractivity contribution in [3.8, 4) is 0 Å². The van der Waals surface area contributed by atoms with Crippen LogP contribution in [0.1, 0.15) is 0 Å². The lowest BCUT2D eigenvalue weighted by molar-refractivity contribution is 1.54. The first kappa shape index (κ1) is 11.4. The van der Waals surface area contributed by atoms with Crippen LogP contribution in [-0.2, 0) is 0 Å². The number of hydrogen-bond acceptors (Lipinski definition) is 1. The molecule has 0 aliphatic carbocycles. The smallest absolute Gasteiger partial charge is 0.197 e. The fourth-order valence-electron chi connectivity index (χ4n) is 0.726. The fraction of sp³-hybridized carbons (Fsp3) is 0. The molecule has 0 aliphatic rings. The molecule has 70 valence electrons. The number of benzene rings is 1. The zero-order valence-corrected chi connectivity index (χ0v) is 9.77. The van der Waals surface area contributed by atoms with Crippen molar-refractivity contribution in [2.75, 3.05) is 0 Å². The molecule has 0 saturated carbocycles. The monoisotopic (exact) mass is 275 g/mol. The third-order valence-electron chi connectivity index (χ3n) is 1.18. The molecular formula is C7H2Cl5N. The van der Waals surface area contributed by atoms with E-state index >= 15 is 0 Å². The lowest BCUT2D eigenvalue weighted by Crippen LogP contribution is -1.75. The number of halogens is 5. The topological polar surface area (TPSA) is 12.4 Å². The molecule has 0 N–H and O–H groups in total. The van der Waals surface area contributed by atoms with Gasteiger partial charge >= 0.3 is 0 Å². The SMILES string of the molecule is ClC(Cl)=Nc1c(Cl)cc(Cl)cc1Cl. The standard InChI is InChI=1S/C7H2Cl5N/c8-3-1-4(9)6(5(10)2-3)13-7(11)12/h1-2H. The highest BCUT2D eigenvalue weighted by Gasteiger charge is 2.06. The van der Waals surface area contributed by atoms with Crippen LogP contribution in [0.5, 0.6) is 0 Å². The average molecular weight is 277 g/mol. The van der Waals surface area contributed by atoms with Crippen molar-refractivity contribution in [1.82, 2.24) is 0 Å². The van der Waals surface area contributed by atoms with E-state index in [1.165, 1.54) is 12.1 Å². The Labute approximate surface area is 100 Å². The summed E-state index contributed by atoms with van der Waals surface area (Å²) < 4.78 is -0.161. The van der Waals surface area contributed by atoms with Crippen molar-refractivity contribution in [1.29, 1.82) is 0 Å². The quantitative estimate of drug-likeness (QED) is 0.632. The summed E-state index contributed by atoms with van der Waals surface area (Å²) in [7, 11) is 0. The third kappa shape index (κ3) is 3.19. The van der Waals surface area contributed by atoms with Gasteiger partial charge < -0.3 is 0 Å². The van der Waals surface area contributed by atoms with Crippen LogP contribution in [0.3, 0.4) is 0 Å². The van der Waals surface area contributed by atoms with E-state index in [0.717, 1.165) is 0 Å². The minimum absolute atomic E-state index is 0.161. The van der Waals surface area contributed by atoms with Gasteiger partial charge in [0, 0.05) is 5.02 Å². The second-order valence-corrected chi connectivity index (χ2v) is 4.23. The first-order chi connectivity index (χ1) is 6.00. The molecule has 0 atom stereocenters. The van der Waals surface area contributed by atoms with Crippen LogP contribution in [0.15, 0.2) is 17.1 Å². The van der Waals surface area contributed by atoms with Crippen molar-refractivity contribution in [3.63, 3.8) is 0 Å². The van der Waals surface area contributed by atoms with Crippen LogP contribution >= 0.6 is 58.0 Å². The Balaban J connectivity index is 3.29. The van der Waals surface area contributed by atoms with Crippen molar-refractivity contribution >= 4 is 68.3 Å². The Kier molecular flexibility index (Phi) is 4.14. The minimum Gasteiger partial charge on any atom is -0.222 e. The van der Waals surface area contributed by atoms with Gasteiger partial charge in [-0.15, -0.1) is 0 Å². The van der Waals surface area contributed by atoms with E-state index < -0.39 is 0 Å². The molecule has 0 aliphatic heterocycles. The van der Waals surface area contributed by atoms with Crippen molar-refractivity contribution in [2.24, 2.45) is 4.99 Å². The number of hydrogen-bond donors (Lipinski definition) is 0. The molecule has 1 rings (SSSR count). The summed E-state index contributed by atoms with van der Waals surface area (Å²) in [6, 6.07) is 3.01. The molecule has 0 radical (unpaired) electrons. The van der Waals surface area contributed by atoms with Gasteiger partial charge in [0.05, 0.1) is 10.0 Å². The van der Waals surface area contributed by atoms with E-state index in [-0.39, 0.29) is 4.63 Å². The van der Waals surface area contributed by atoms with Gasteiger partial charge in [0.15, 0.2) is 4.63 Å². The van der Waals surface area contributed by atoms with Gasteiger partial charge in [-0.25, -0.2) is 4.99 Å². The second kappa shape index (κ2) is 4.72. The van der Waals surface area contributed by atoms with Gasteiger partial charge in [-0.2, -0.15) is 0 Å². The molecular weight excluding hydrogens is 275 g/mol. The summed E-state index contributed by atoms with van der Waals surface area (Å²) in [5, 5.41) is 1.03. The molecule has 0 spiro atoms. The van der Waals surface area contributed by atoms with Crippen LogP contribution in [0.2, 0.25) is 15.1 Å². The Morgan fingerprint density at radius 3 is 1.85 bits per heavy atom. The lowest BCUT2D eigenvalue weighted by atomic mass is 10.3. The Bertz CT molecular complexity index is 333. The minimum atomic E-state index is -0.161. The molecule has 0 fully saturated rings. The van der Waals surface area contributed by atoms with E-state index in [2.05, 4.69) is 4.99 Å². The number of rotatable bonds is 1. The molecule has 6 heteroatoms. The van der Waals surface area contributed by atoms with Crippen LogP contribution in [0.4, 0.5) is 5.69 Å².